The third-order valence-corrected chi connectivity index (χ3v) is 4.39. The molecule has 1 aliphatic heterocycles. The van der Waals surface area contributed by atoms with Crippen LogP contribution in [0.3, 0.4) is 0 Å². The number of amides is 1. The summed E-state index contributed by atoms with van der Waals surface area (Å²) in [7, 11) is 0. The van der Waals surface area contributed by atoms with Gasteiger partial charge in [0.25, 0.3) is 5.91 Å². The standard InChI is InChI=1S/C13H17N3O4S/c1-6-4-16(5-8(6)12(18)19)11(17)9-7(2)14-13(20)15-10(9)21-3/h6,8H,4-5H2,1-3H3,(H,18,19)(H,14,15,20). The molecule has 2 N–H and O–H groups in total. The predicted molar refractivity (Wildman–Crippen MR) is 77.6 cm³/mol. The maximum atomic E-state index is 12.6. The first-order chi connectivity index (χ1) is 9.85. The Labute approximate surface area is 125 Å². The number of aromatic amines is 1. The molecule has 21 heavy (non-hydrogen) atoms. The number of carboxylic acids is 1. The van der Waals surface area contributed by atoms with Gasteiger partial charge in [0.2, 0.25) is 0 Å². The summed E-state index contributed by atoms with van der Waals surface area (Å²) in [5.74, 6) is -1.82. The average Bonchev–Trinajstić information content (AvgIpc) is 2.79. The highest BCUT2D eigenvalue weighted by Gasteiger charge is 2.38. The van der Waals surface area contributed by atoms with Crippen molar-refractivity contribution in [2.75, 3.05) is 19.3 Å². The normalized spacial score (nSPS) is 21.6. The SMILES string of the molecule is CSc1nc(=O)[nH]c(C)c1C(=O)N1CC(C)C(C(=O)O)C1. The van der Waals surface area contributed by atoms with Crippen LogP contribution in [0.5, 0.6) is 0 Å². The van der Waals surface area contributed by atoms with Gasteiger partial charge in [-0.15, -0.1) is 11.8 Å². The number of carbonyl (C=O) groups is 2. The third-order valence-electron chi connectivity index (χ3n) is 3.71. The van der Waals surface area contributed by atoms with Crippen molar-refractivity contribution in [3.63, 3.8) is 0 Å². The van der Waals surface area contributed by atoms with Crippen LogP contribution in [-0.2, 0) is 4.79 Å². The fourth-order valence-corrected chi connectivity index (χ4v) is 3.19. The molecule has 1 aliphatic rings. The smallest absolute Gasteiger partial charge is 0.346 e. The Morgan fingerprint density at radius 2 is 2.10 bits per heavy atom. The molecule has 1 amide bonds. The van der Waals surface area contributed by atoms with Crippen LogP contribution in [0, 0.1) is 18.8 Å². The lowest BCUT2D eigenvalue weighted by atomic mass is 9.99. The molecule has 1 fully saturated rings. The van der Waals surface area contributed by atoms with E-state index >= 15 is 0 Å². The van der Waals surface area contributed by atoms with E-state index in [9.17, 15) is 14.4 Å². The molecule has 0 aliphatic carbocycles. The van der Waals surface area contributed by atoms with Gasteiger partial charge in [-0.2, -0.15) is 4.98 Å². The number of likely N-dealkylation sites (tertiary alicyclic amines) is 1. The summed E-state index contributed by atoms with van der Waals surface area (Å²) in [4.78, 5) is 43.0. The van der Waals surface area contributed by atoms with Gasteiger partial charge >= 0.3 is 11.7 Å². The molecular formula is C13H17N3O4S. The van der Waals surface area contributed by atoms with E-state index in [0.717, 1.165) is 0 Å². The van der Waals surface area contributed by atoms with Gasteiger partial charge in [0.1, 0.15) is 5.03 Å². The number of aliphatic carboxylic acids is 1. The van der Waals surface area contributed by atoms with Crippen LogP contribution >= 0.6 is 11.8 Å². The summed E-state index contributed by atoms with van der Waals surface area (Å²) < 4.78 is 0. The predicted octanol–water partition coefficient (Wildman–Crippen LogP) is 0.593. The van der Waals surface area contributed by atoms with E-state index in [1.54, 1.807) is 13.2 Å². The minimum absolute atomic E-state index is 0.0970. The molecule has 0 saturated carbocycles. The van der Waals surface area contributed by atoms with Crippen molar-refractivity contribution in [1.29, 1.82) is 0 Å². The van der Waals surface area contributed by atoms with Crippen molar-refractivity contribution in [3.8, 4) is 0 Å². The second-order valence-electron chi connectivity index (χ2n) is 5.18. The first-order valence-electron chi connectivity index (χ1n) is 6.52. The van der Waals surface area contributed by atoms with Crippen LogP contribution in [0.15, 0.2) is 9.82 Å². The molecule has 8 heteroatoms. The fraction of sp³-hybridized carbons (Fsp3) is 0.538. The van der Waals surface area contributed by atoms with Crippen LogP contribution in [-0.4, -0.2) is 51.2 Å². The van der Waals surface area contributed by atoms with Crippen molar-refractivity contribution >= 4 is 23.6 Å². The van der Waals surface area contributed by atoms with Gasteiger partial charge < -0.3 is 15.0 Å². The Kier molecular flexibility index (Phi) is 4.36. The first kappa shape index (κ1) is 15.6. The van der Waals surface area contributed by atoms with E-state index in [4.69, 9.17) is 5.11 Å². The first-order valence-corrected chi connectivity index (χ1v) is 7.74. The summed E-state index contributed by atoms with van der Waals surface area (Å²) in [6, 6.07) is 0. The van der Waals surface area contributed by atoms with Crippen LogP contribution in [0.4, 0.5) is 0 Å². The fourth-order valence-electron chi connectivity index (χ4n) is 2.57. The van der Waals surface area contributed by atoms with Gasteiger partial charge in [-0.1, -0.05) is 6.92 Å². The van der Waals surface area contributed by atoms with Crippen molar-refractivity contribution in [2.24, 2.45) is 11.8 Å². The molecule has 2 heterocycles. The molecule has 0 radical (unpaired) electrons. The van der Waals surface area contributed by atoms with E-state index in [1.165, 1.54) is 16.7 Å². The maximum absolute atomic E-state index is 12.6. The van der Waals surface area contributed by atoms with Gasteiger partial charge in [0.05, 0.1) is 11.5 Å². The van der Waals surface area contributed by atoms with Gasteiger partial charge in [0.15, 0.2) is 0 Å². The zero-order valence-electron chi connectivity index (χ0n) is 12.0. The minimum atomic E-state index is -0.890. The van der Waals surface area contributed by atoms with Gasteiger partial charge in [0, 0.05) is 18.8 Å². The Bertz CT molecular complexity index is 643. The topological polar surface area (TPSA) is 103 Å². The number of nitrogens with zero attached hydrogens (tertiary/aromatic N) is 2. The molecule has 1 aromatic rings. The number of carboxylic acid groups (broad SMARTS) is 1. The Hall–Kier alpha value is -1.83. The number of carbonyl (C=O) groups excluding carboxylic acids is 1. The monoisotopic (exact) mass is 311 g/mol. The zero-order chi connectivity index (χ0) is 15.7. The van der Waals surface area contributed by atoms with Crippen molar-refractivity contribution in [1.82, 2.24) is 14.9 Å². The Balaban J connectivity index is 2.34. The van der Waals surface area contributed by atoms with Gasteiger partial charge in [-0.3, -0.25) is 9.59 Å². The largest absolute Gasteiger partial charge is 0.481 e. The second-order valence-corrected chi connectivity index (χ2v) is 5.98. The van der Waals surface area contributed by atoms with E-state index in [2.05, 4.69) is 9.97 Å². The van der Waals surface area contributed by atoms with Crippen molar-refractivity contribution < 1.29 is 14.7 Å². The van der Waals surface area contributed by atoms with Crippen LogP contribution in [0.2, 0.25) is 0 Å². The number of nitrogens with one attached hydrogen (secondary N) is 1. The average molecular weight is 311 g/mol. The summed E-state index contributed by atoms with van der Waals surface area (Å²) >= 11 is 1.22. The molecule has 1 saturated heterocycles. The van der Waals surface area contributed by atoms with Gasteiger partial charge in [-0.05, 0) is 19.1 Å². The number of aromatic nitrogens is 2. The molecule has 7 nitrogen and oxygen atoms in total. The summed E-state index contributed by atoms with van der Waals surface area (Å²) in [5.41, 5.74) is 0.308. The lowest BCUT2D eigenvalue weighted by Gasteiger charge is -2.18. The molecular weight excluding hydrogens is 294 g/mol. The Morgan fingerprint density at radius 1 is 1.43 bits per heavy atom. The van der Waals surface area contributed by atoms with Crippen LogP contribution in [0.25, 0.3) is 0 Å². The molecule has 2 unspecified atom stereocenters. The highest BCUT2D eigenvalue weighted by molar-refractivity contribution is 7.98. The van der Waals surface area contributed by atoms with E-state index in [-0.39, 0.29) is 18.4 Å². The quantitative estimate of drug-likeness (QED) is 0.625. The lowest BCUT2D eigenvalue weighted by Crippen LogP contribution is -2.32. The maximum Gasteiger partial charge on any atom is 0.346 e. The zero-order valence-corrected chi connectivity index (χ0v) is 12.9. The van der Waals surface area contributed by atoms with Crippen LogP contribution in [0.1, 0.15) is 23.0 Å². The van der Waals surface area contributed by atoms with Crippen LogP contribution < -0.4 is 5.69 Å². The second kappa shape index (κ2) is 5.88. The highest BCUT2D eigenvalue weighted by Crippen LogP contribution is 2.27. The summed E-state index contributed by atoms with van der Waals surface area (Å²) in [6.07, 6.45) is 1.74. The number of H-pyrrole nitrogens is 1. The van der Waals surface area contributed by atoms with Crippen molar-refractivity contribution in [2.45, 2.75) is 18.9 Å². The number of hydrogen-bond acceptors (Lipinski definition) is 5. The molecule has 1 aromatic heterocycles. The molecule has 0 spiro atoms. The lowest BCUT2D eigenvalue weighted by molar-refractivity contribution is -0.142. The molecule has 2 rings (SSSR count). The number of aryl methyl sites for hydroxylation is 1. The van der Waals surface area contributed by atoms with E-state index in [0.29, 0.717) is 22.8 Å². The Morgan fingerprint density at radius 3 is 2.62 bits per heavy atom. The van der Waals surface area contributed by atoms with Crippen molar-refractivity contribution in [3.05, 3.63) is 21.7 Å². The molecule has 114 valence electrons. The van der Waals surface area contributed by atoms with E-state index < -0.39 is 17.6 Å². The third kappa shape index (κ3) is 2.94. The summed E-state index contributed by atoms with van der Waals surface area (Å²) in [5, 5.41) is 9.51. The number of hydrogen-bond donors (Lipinski definition) is 2. The van der Waals surface area contributed by atoms with E-state index in [1.807, 2.05) is 6.92 Å². The summed E-state index contributed by atoms with van der Waals surface area (Å²) in [6.45, 7) is 4.04. The number of thioether (sulfide) groups is 1. The van der Waals surface area contributed by atoms with Gasteiger partial charge in [-0.25, -0.2) is 4.79 Å². The molecule has 2 atom stereocenters. The minimum Gasteiger partial charge on any atom is -0.481 e. The highest BCUT2D eigenvalue weighted by atomic mass is 32.2. The number of rotatable bonds is 3. The molecule has 0 bridgehead atoms. The molecule has 0 aromatic carbocycles.